The highest BCUT2D eigenvalue weighted by molar-refractivity contribution is 6.31. The molecule has 0 aliphatic heterocycles. The Morgan fingerprint density at radius 2 is 1.61 bits per heavy atom. The number of anilines is 2. The molecule has 3 nitrogen and oxygen atoms in total. The van der Waals surface area contributed by atoms with Crippen molar-refractivity contribution in [2.45, 2.75) is 0 Å². The molecule has 2 aromatic carbocycles. The molecule has 0 fully saturated rings. The van der Waals surface area contributed by atoms with E-state index >= 15 is 0 Å². The van der Waals surface area contributed by atoms with E-state index in [4.69, 9.17) is 27.9 Å². The van der Waals surface area contributed by atoms with E-state index in [0.29, 0.717) is 27.2 Å². The molecule has 2 rings (SSSR count). The standard InChI is InChI=1S/C13H11Cl2NO2/c1-18-13-5-3-9(15)7-11(13)16-10-6-8(14)2-4-12(10)17/h2-7,16-17H,1H3. The molecular formula is C13H11Cl2NO2. The fourth-order valence-electron chi connectivity index (χ4n) is 1.53. The summed E-state index contributed by atoms with van der Waals surface area (Å²) in [5, 5.41) is 13.9. The van der Waals surface area contributed by atoms with E-state index < -0.39 is 0 Å². The van der Waals surface area contributed by atoms with Crippen molar-refractivity contribution >= 4 is 34.6 Å². The van der Waals surface area contributed by atoms with Crippen molar-refractivity contribution in [1.29, 1.82) is 0 Å². The first-order valence-corrected chi connectivity index (χ1v) is 5.95. The molecule has 0 atom stereocenters. The van der Waals surface area contributed by atoms with E-state index in [1.165, 1.54) is 6.07 Å². The number of methoxy groups -OCH3 is 1. The van der Waals surface area contributed by atoms with Gasteiger partial charge in [0, 0.05) is 10.0 Å². The number of ether oxygens (including phenoxy) is 1. The van der Waals surface area contributed by atoms with Gasteiger partial charge in [0.05, 0.1) is 18.5 Å². The van der Waals surface area contributed by atoms with Crippen LogP contribution in [0.25, 0.3) is 0 Å². The van der Waals surface area contributed by atoms with Crippen molar-refractivity contribution in [3.63, 3.8) is 0 Å². The van der Waals surface area contributed by atoms with E-state index in [1.54, 1.807) is 37.4 Å². The highest BCUT2D eigenvalue weighted by atomic mass is 35.5. The molecule has 0 saturated carbocycles. The number of nitrogens with one attached hydrogen (secondary N) is 1. The van der Waals surface area contributed by atoms with Gasteiger partial charge in [-0.1, -0.05) is 23.2 Å². The molecular weight excluding hydrogens is 273 g/mol. The molecule has 2 N–H and O–H groups in total. The minimum Gasteiger partial charge on any atom is -0.506 e. The van der Waals surface area contributed by atoms with Crippen LogP contribution in [0.15, 0.2) is 36.4 Å². The Kier molecular flexibility index (Phi) is 3.84. The SMILES string of the molecule is COc1ccc(Cl)cc1Nc1cc(Cl)ccc1O. The van der Waals surface area contributed by atoms with Gasteiger partial charge in [0.2, 0.25) is 0 Å². The van der Waals surface area contributed by atoms with Gasteiger partial charge in [-0.25, -0.2) is 0 Å². The maximum absolute atomic E-state index is 9.73. The quantitative estimate of drug-likeness (QED) is 0.818. The number of hydrogen-bond donors (Lipinski definition) is 2. The zero-order valence-corrected chi connectivity index (χ0v) is 11.1. The predicted molar refractivity (Wildman–Crippen MR) is 74.4 cm³/mol. The van der Waals surface area contributed by atoms with Crippen molar-refractivity contribution in [2.24, 2.45) is 0 Å². The van der Waals surface area contributed by atoms with Gasteiger partial charge in [0.15, 0.2) is 0 Å². The first-order valence-electron chi connectivity index (χ1n) is 5.19. The molecule has 94 valence electrons. The van der Waals surface area contributed by atoms with Crippen molar-refractivity contribution in [3.8, 4) is 11.5 Å². The summed E-state index contributed by atoms with van der Waals surface area (Å²) in [5.41, 5.74) is 1.14. The summed E-state index contributed by atoms with van der Waals surface area (Å²) in [6.07, 6.45) is 0. The van der Waals surface area contributed by atoms with Gasteiger partial charge >= 0.3 is 0 Å². The summed E-state index contributed by atoms with van der Waals surface area (Å²) in [5.74, 6) is 0.722. The molecule has 0 saturated heterocycles. The molecule has 0 heterocycles. The van der Waals surface area contributed by atoms with Gasteiger partial charge in [0.1, 0.15) is 11.5 Å². The Labute approximate surface area is 115 Å². The van der Waals surface area contributed by atoms with Crippen LogP contribution in [0.2, 0.25) is 10.0 Å². The molecule has 0 radical (unpaired) electrons. The second kappa shape index (κ2) is 5.38. The van der Waals surface area contributed by atoms with E-state index in [9.17, 15) is 5.11 Å². The highest BCUT2D eigenvalue weighted by Crippen LogP contribution is 2.34. The topological polar surface area (TPSA) is 41.5 Å². The lowest BCUT2D eigenvalue weighted by atomic mass is 10.2. The van der Waals surface area contributed by atoms with Crippen LogP contribution < -0.4 is 10.1 Å². The third-order valence-corrected chi connectivity index (χ3v) is 2.86. The smallest absolute Gasteiger partial charge is 0.142 e. The molecule has 5 heteroatoms. The average Bonchev–Trinajstić information content (AvgIpc) is 2.34. The zero-order chi connectivity index (χ0) is 13.1. The number of aromatic hydroxyl groups is 1. The van der Waals surface area contributed by atoms with Crippen LogP contribution in [0.5, 0.6) is 11.5 Å². The lowest BCUT2D eigenvalue weighted by molar-refractivity contribution is 0.416. The summed E-state index contributed by atoms with van der Waals surface area (Å²) in [7, 11) is 1.56. The van der Waals surface area contributed by atoms with E-state index in [-0.39, 0.29) is 5.75 Å². The fraction of sp³-hybridized carbons (Fsp3) is 0.0769. The van der Waals surface area contributed by atoms with Crippen LogP contribution in [0.3, 0.4) is 0 Å². The molecule has 18 heavy (non-hydrogen) atoms. The molecule has 2 aromatic rings. The van der Waals surface area contributed by atoms with Gasteiger partial charge in [-0.05, 0) is 36.4 Å². The molecule has 0 amide bonds. The summed E-state index contributed by atoms with van der Waals surface area (Å²) in [4.78, 5) is 0. The Morgan fingerprint density at radius 3 is 2.28 bits per heavy atom. The van der Waals surface area contributed by atoms with Crippen LogP contribution in [-0.4, -0.2) is 12.2 Å². The minimum absolute atomic E-state index is 0.0985. The second-order valence-corrected chi connectivity index (χ2v) is 4.50. The number of phenols is 1. The van der Waals surface area contributed by atoms with Gasteiger partial charge in [0.25, 0.3) is 0 Å². The summed E-state index contributed by atoms with van der Waals surface area (Å²) < 4.78 is 5.21. The maximum atomic E-state index is 9.73. The van der Waals surface area contributed by atoms with Crippen molar-refractivity contribution in [1.82, 2.24) is 0 Å². The Balaban J connectivity index is 2.38. The van der Waals surface area contributed by atoms with E-state index in [0.717, 1.165) is 0 Å². The molecule has 0 aliphatic carbocycles. The molecule has 0 bridgehead atoms. The first kappa shape index (κ1) is 12.9. The van der Waals surface area contributed by atoms with Crippen LogP contribution in [0, 0.1) is 0 Å². The minimum atomic E-state index is 0.0985. The van der Waals surface area contributed by atoms with Gasteiger partial charge in [-0.15, -0.1) is 0 Å². The Hall–Kier alpha value is -1.58. The van der Waals surface area contributed by atoms with E-state index in [1.807, 2.05) is 0 Å². The van der Waals surface area contributed by atoms with Crippen molar-refractivity contribution in [3.05, 3.63) is 46.4 Å². The second-order valence-electron chi connectivity index (χ2n) is 3.63. The van der Waals surface area contributed by atoms with Crippen LogP contribution in [0.4, 0.5) is 11.4 Å². The van der Waals surface area contributed by atoms with Gasteiger partial charge in [-0.2, -0.15) is 0 Å². The molecule has 0 aliphatic rings. The number of benzene rings is 2. The van der Waals surface area contributed by atoms with Crippen LogP contribution in [-0.2, 0) is 0 Å². The maximum Gasteiger partial charge on any atom is 0.142 e. The van der Waals surface area contributed by atoms with E-state index in [2.05, 4.69) is 5.32 Å². The Morgan fingerprint density at radius 1 is 1.00 bits per heavy atom. The number of hydrogen-bond acceptors (Lipinski definition) is 3. The summed E-state index contributed by atoms with van der Waals surface area (Å²) in [6, 6.07) is 9.92. The summed E-state index contributed by atoms with van der Waals surface area (Å²) in [6.45, 7) is 0. The monoisotopic (exact) mass is 283 g/mol. The number of phenolic OH excluding ortho intramolecular Hbond substituents is 1. The third kappa shape index (κ3) is 2.81. The zero-order valence-electron chi connectivity index (χ0n) is 9.58. The molecule has 0 aromatic heterocycles. The fourth-order valence-corrected chi connectivity index (χ4v) is 1.88. The summed E-state index contributed by atoms with van der Waals surface area (Å²) >= 11 is 11.8. The Bertz CT molecular complexity index is 573. The van der Waals surface area contributed by atoms with Crippen molar-refractivity contribution in [2.75, 3.05) is 12.4 Å². The number of halogens is 2. The largest absolute Gasteiger partial charge is 0.506 e. The third-order valence-electron chi connectivity index (χ3n) is 2.39. The van der Waals surface area contributed by atoms with Gasteiger partial charge < -0.3 is 15.2 Å². The lowest BCUT2D eigenvalue weighted by Crippen LogP contribution is -1.95. The van der Waals surface area contributed by atoms with Crippen LogP contribution in [0.1, 0.15) is 0 Å². The molecule has 0 unspecified atom stereocenters. The highest BCUT2D eigenvalue weighted by Gasteiger charge is 2.07. The van der Waals surface area contributed by atoms with Gasteiger partial charge in [-0.3, -0.25) is 0 Å². The predicted octanol–water partition coefficient (Wildman–Crippen LogP) is 4.45. The van der Waals surface area contributed by atoms with Crippen LogP contribution >= 0.6 is 23.2 Å². The first-order chi connectivity index (χ1) is 8.60. The lowest BCUT2D eigenvalue weighted by Gasteiger charge is -2.12. The number of rotatable bonds is 3. The molecule has 0 spiro atoms. The normalized spacial score (nSPS) is 10.2. The van der Waals surface area contributed by atoms with Crippen molar-refractivity contribution < 1.29 is 9.84 Å². The average molecular weight is 284 g/mol.